The summed E-state index contributed by atoms with van der Waals surface area (Å²) < 4.78 is 33.5. The number of allylic oxidation sites excluding steroid dienone is 8. The molecule has 61 heavy (non-hydrogen) atoms. The number of phosphoric acid groups is 1. The van der Waals surface area contributed by atoms with Crippen molar-refractivity contribution in [2.24, 2.45) is 0 Å². The Kier molecular flexibility index (Phi) is 34.7. The number of hydrogen-bond donors (Lipinski definition) is 6. The Morgan fingerprint density at radius 3 is 1.43 bits per heavy atom. The van der Waals surface area contributed by atoms with Crippen molar-refractivity contribution in [1.82, 2.24) is 0 Å². The highest BCUT2D eigenvalue weighted by Gasteiger charge is 2.51. The van der Waals surface area contributed by atoms with Crippen molar-refractivity contribution >= 4 is 19.8 Å². The minimum absolute atomic E-state index is 0.0825. The van der Waals surface area contributed by atoms with Gasteiger partial charge in [0, 0.05) is 12.8 Å². The monoisotopic (exact) mass is 887 g/mol. The molecule has 0 bridgehead atoms. The largest absolute Gasteiger partial charge is 0.472 e. The van der Waals surface area contributed by atoms with Gasteiger partial charge in [0.2, 0.25) is 0 Å². The molecule has 0 aromatic carbocycles. The number of unbranched alkanes of at least 4 members (excludes halogenated alkanes) is 18. The van der Waals surface area contributed by atoms with E-state index in [9.17, 15) is 44.6 Å². The molecule has 1 rings (SSSR count). The number of carbonyl (C=O) groups excluding carboxylic acids is 2. The van der Waals surface area contributed by atoms with Gasteiger partial charge >= 0.3 is 19.8 Å². The molecule has 0 heterocycles. The molecule has 0 spiro atoms. The van der Waals surface area contributed by atoms with Gasteiger partial charge in [-0.15, -0.1) is 0 Å². The topological polar surface area (TPSA) is 210 Å². The van der Waals surface area contributed by atoms with Crippen LogP contribution in [0, 0.1) is 0 Å². The lowest BCUT2D eigenvalue weighted by Gasteiger charge is -2.41. The Hall–Kier alpha value is -2.19. The predicted molar refractivity (Wildman–Crippen MR) is 239 cm³/mol. The molecule has 0 aromatic heterocycles. The van der Waals surface area contributed by atoms with E-state index >= 15 is 0 Å². The second kappa shape index (κ2) is 37.2. The molecule has 354 valence electrons. The van der Waals surface area contributed by atoms with Crippen LogP contribution in [0.4, 0.5) is 0 Å². The van der Waals surface area contributed by atoms with Gasteiger partial charge in [0.15, 0.2) is 6.10 Å². The van der Waals surface area contributed by atoms with Gasteiger partial charge in [-0.2, -0.15) is 0 Å². The number of carbonyl (C=O) groups is 2. The second-order valence-corrected chi connectivity index (χ2v) is 17.7. The average molecular weight is 887 g/mol. The zero-order valence-corrected chi connectivity index (χ0v) is 38.3. The van der Waals surface area contributed by atoms with Gasteiger partial charge in [-0.3, -0.25) is 18.6 Å². The third-order valence-electron chi connectivity index (χ3n) is 10.6. The van der Waals surface area contributed by atoms with E-state index < -0.39 is 75.7 Å². The normalized spacial score (nSPS) is 22.4. The van der Waals surface area contributed by atoms with Crippen molar-refractivity contribution in [1.29, 1.82) is 0 Å². The summed E-state index contributed by atoms with van der Waals surface area (Å²) in [6.45, 7) is 3.23. The van der Waals surface area contributed by atoms with Crippen molar-refractivity contribution < 1.29 is 63.1 Å². The van der Waals surface area contributed by atoms with Gasteiger partial charge in [-0.1, -0.05) is 140 Å². The maximum Gasteiger partial charge on any atom is 0.472 e. The van der Waals surface area contributed by atoms with Crippen LogP contribution in [-0.4, -0.2) is 98.3 Å². The Bertz CT molecular complexity index is 1250. The lowest BCUT2D eigenvalue weighted by molar-refractivity contribution is -0.220. The first-order valence-electron chi connectivity index (χ1n) is 23.4. The number of aliphatic hydroxyl groups is 5. The lowest BCUT2D eigenvalue weighted by Crippen LogP contribution is -2.64. The van der Waals surface area contributed by atoms with Crippen LogP contribution < -0.4 is 0 Å². The molecule has 0 saturated heterocycles. The molecule has 6 N–H and O–H groups in total. The Labute approximate surface area is 367 Å². The molecule has 0 amide bonds. The third kappa shape index (κ3) is 29.7. The maximum atomic E-state index is 12.8. The van der Waals surface area contributed by atoms with Crippen LogP contribution in [0.25, 0.3) is 0 Å². The molecule has 0 radical (unpaired) electrons. The maximum absolute atomic E-state index is 12.8. The molecular formula is C47H83O13P. The predicted octanol–water partition coefficient (Wildman–Crippen LogP) is 9.17. The summed E-state index contributed by atoms with van der Waals surface area (Å²) in [7, 11) is -5.13. The fourth-order valence-electron chi connectivity index (χ4n) is 6.82. The number of ether oxygens (including phenoxy) is 2. The average Bonchev–Trinajstić information content (AvgIpc) is 3.24. The molecule has 0 aliphatic heterocycles. The lowest BCUT2D eigenvalue weighted by atomic mass is 9.85. The van der Waals surface area contributed by atoms with E-state index in [1.807, 2.05) is 0 Å². The smallest absolute Gasteiger partial charge is 0.462 e. The zero-order valence-electron chi connectivity index (χ0n) is 37.4. The minimum atomic E-state index is -5.13. The van der Waals surface area contributed by atoms with Crippen molar-refractivity contribution in [3.8, 4) is 0 Å². The van der Waals surface area contributed by atoms with Crippen molar-refractivity contribution in [2.75, 3.05) is 13.2 Å². The molecule has 0 aromatic rings. The van der Waals surface area contributed by atoms with E-state index in [2.05, 4.69) is 62.5 Å². The van der Waals surface area contributed by atoms with Crippen LogP contribution in [0.1, 0.15) is 181 Å². The van der Waals surface area contributed by atoms with E-state index in [0.717, 1.165) is 70.6 Å². The van der Waals surface area contributed by atoms with Gasteiger partial charge in [-0.25, -0.2) is 4.57 Å². The van der Waals surface area contributed by atoms with Gasteiger partial charge in [0.1, 0.15) is 43.2 Å². The highest BCUT2D eigenvalue weighted by Crippen LogP contribution is 2.47. The first-order valence-corrected chi connectivity index (χ1v) is 24.9. The second-order valence-electron chi connectivity index (χ2n) is 16.3. The highest BCUT2D eigenvalue weighted by atomic mass is 31.2. The first kappa shape index (κ1) is 56.8. The van der Waals surface area contributed by atoms with Crippen molar-refractivity contribution in [3.63, 3.8) is 0 Å². The van der Waals surface area contributed by atoms with E-state index in [1.54, 1.807) is 0 Å². The zero-order chi connectivity index (χ0) is 45.0. The SMILES string of the molecule is CCCCC/C=C/C/C=C/C/C=C/CCCCC(=O)OC[C@H](COP(=O)(O)OC1C(O)C(O)C(O)[C@H](O)C1O)OC(=O)CCCCCCCCC/C=C/CCCCCCCC. The van der Waals surface area contributed by atoms with E-state index in [0.29, 0.717) is 12.8 Å². The van der Waals surface area contributed by atoms with Gasteiger partial charge in [-0.05, 0) is 77.0 Å². The van der Waals surface area contributed by atoms with E-state index in [4.69, 9.17) is 18.5 Å². The first-order chi connectivity index (χ1) is 29.4. The van der Waals surface area contributed by atoms with Crippen LogP contribution in [0.15, 0.2) is 48.6 Å². The quantitative estimate of drug-likeness (QED) is 0.0148. The Morgan fingerprint density at radius 2 is 0.885 bits per heavy atom. The summed E-state index contributed by atoms with van der Waals surface area (Å²) in [5, 5.41) is 50.1. The molecule has 1 saturated carbocycles. The van der Waals surface area contributed by atoms with Gasteiger partial charge in [0.25, 0.3) is 0 Å². The molecule has 8 atom stereocenters. The van der Waals surface area contributed by atoms with Gasteiger partial charge < -0.3 is 39.9 Å². The Balaban J connectivity index is 2.49. The van der Waals surface area contributed by atoms with E-state index in [1.165, 1.54) is 70.6 Å². The number of hydrogen-bond acceptors (Lipinski definition) is 12. The summed E-state index contributed by atoms with van der Waals surface area (Å²) in [6, 6.07) is 0. The molecular weight excluding hydrogens is 803 g/mol. The van der Waals surface area contributed by atoms with Crippen LogP contribution in [-0.2, 0) is 32.7 Å². The van der Waals surface area contributed by atoms with Crippen molar-refractivity contribution in [3.05, 3.63) is 48.6 Å². The molecule has 6 unspecified atom stereocenters. The molecule has 1 fully saturated rings. The molecule has 14 heteroatoms. The summed E-state index contributed by atoms with van der Waals surface area (Å²) in [5.74, 6) is -1.15. The van der Waals surface area contributed by atoms with Crippen LogP contribution in [0.3, 0.4) is 0 Å². The summed E-state index contributed by atoms with van der Waals surface area (Å²) in [6.07, 6.45) is 30.2. The highest BCUT2D eigenvalue weighted by molar-refractivity contribution is 7.47. The standard InChI is InChI=1S/C47H83O13P/c1-3-5-7-9-11-13-15-17-19-20-22-24-26-28-30-32-34-36-41(49)59-39(38-58-61(55,56)60-47-45(53)43(51)42(50)44(52)46(47)54)37-57-40(48)35-33-31-29-27-25-23-21-18-16-14-12-10-8-6-4-2/h12,14,17-19,21,25,27,39,42-47,50-54H,3-11,13,15-16,20,22-24,26,28-38H2,1-2H3,(H,55,56)/b14-12+,19-17+,21-18+,27-25+/t39-,42?,43+,44?,45?,46?,47?/m1/s1. The van der Waals surface area contributed by atoms with Gasteiger partial charge in [0.05, 0.1) is 6.61 Å². The fraction of sp³-hybridized carbons (Fsp3) is 0.787. The number of rotatable bonds is 38. The van der Waals surface area contributed by atoms with Crippen LogP contribution >= 0.6 is 7.82 Å². The summed E-state index contributed by atoms with van der Waals surface area (Å²) in [4.78, 5) is 35.7. The minimum Gasteiger partial charge on any atom is -0.462 e. The fourth-order valence-corrected chi connectivity index (χ4v) is 7.79. The number of esters is 2. The van der Waals surface area contributed by atoms with Crippen LogP contribution in [0.2, 0.25) is 0 Å². The number of aliphatic hydroxyl groups excluding tert-OH is 5. The molecule has 1 aliphatic carbocycles. The Morgan fingerprint density at radius 1 is 0.508 bits per heavy atom. The third-order valence-corrected chi connectivity index (χ3v) is 11.6. The molecule has 13 nitrogen and oxygen atoms in total. The number of phosphoric ester groups is 1. The van der Waals surface area contributed by atoms with Crippen LogP contribution in [0.5, 0.6) is 0 Å². The van der Waals surface area contributed by atoms with E-state index in [-0.39, 0.29) is 12.8 Å². The summed E-state index contributed by atoms with van der Waals surface area (Å²) in [5.41, 5.74) is 0. The molecule has 1 aliphatic rings. The van der Waals surface area contributed by atoms with Crippen molar-refractivity contribution in [2.45, 2.75) is 224 Å². The summed E-state index contributed by atoms with van der Waals surface area (Å²) >= 11 is 0.